The summed E-state index contributed by atoms with van der Waals surface area (Å²) < 4.78 is 5.61. The summed E-state index contributed by atoms with van der Waals surface area (Å²) in [5.74, 6) is 1.54. The van der Waals surface area contributed by atoms with Crippen molar-refractivity contribution in [3.8, 4) is 5.75 Å². The van der Waals surface area contributed by atoms with Crippen molar-refractivity contribution in [3.05, 3.63) is 30.3 Å². The number of aliphatic hydroxyl groups excluding tert-OH is 1. The summed E-state index contributed by atoms with van der Waals surface area (Å²) in [5.41, 5.74) is 0. The number of ether oxygens (including phenoxy) is 1. The number of benzene rings is 1. The van der Waals surface area contributed by atoms with E-state index in [9.17, 15) is 5.11 Å². The average molecular weight is 264 g/mol. The maximum absolute atomic E-state index is 10.0. The molecular formula is C17H28O2. The molecule has 0 saturated carbocycles. The van der Waals surface area contributed by atoms with Crippen LogP contribution >= 0.6 is 0 Å². The smallest absolute Gasteiger partial charge is 0.119 e. The van der Waals surface area contributed by atoms with Gasteiger partial charge in [0.25, 0.3) is 0 Å². The first-order valence-electron chi connectivity index (χ1n) is 7.62. The van der Waals surface area contributed by atoms with E-state index in [1.54, 1.807) is 0 Å². The summed E-state index contributed by atoms with van der Waals surface area (Å²) in [6, 6.07) is 9.79. The molecule has 0 heterocycles. The second kappa shape index (κ2) is 9.85. The Morgan fingerprint density at radius 1 is 1.11 bits per heavy atom. The minimum atomic E-state index is -0.231. The normalized spacial score (nSPS) is 14.1. The first-order valence-corrected chi connectivity index (χ1v) is 7.62. The Bertz CT molecular complexity index is 310. The van der Waals surface area contributed by atoms with Gasteiger partial charge < -0.3 is 9.84 Å². The Hall–Kier alpha value is -1.02. The highest BCUT2D eigenvalue weighted by molar-refractivity contribution is 5.20. The second-order valence-electron chi connectivity index (χ2n) is 5.26. The molecule has 0 aliphatic carbocycles. The summed E-state index contributed by atoms with van der Waals surface area (Å²) in [7, 11) is 0. The third-order valence-corrected chi connectivity index (χ3v) is 3.61. The van der Waals surface area contributed by atoms with Gasteiger partial charge in [0.15, 0.2) is 0 Å². The van der Waals surface area contributed by atoms with Crippen LogP contribution in [0.2, 0.25) is 0 Å². The first kappa shape index (κ1) is 16.0. The number of aliphatic hydroxyl groups is 1. The van der Waals surface area contributed by atoms with E-state index in [0.717, 1.165) is 25.0 Å². The zero-order valence-electron chi connectivity index (χ0n) is 12.3. The fraction of sp³-hybridized carbons (Fsp3) is 0.647. The fourth-order valence-corrected chi connectivity index (χ4v) is 2.31. The third kappa shape index (κ3) is 7.22. The van der Waals surface area contributed by atoms with Gasteiger partial charge in [0.2, 0.25) is 0 Å². The second-order valence-corrected chi connectivity index (χ2v) is 5.26. The molecule has 0 saturated heterocycles. The first-order chi connectivity index (χ1) is 9.26. The summed E-state index contributed by atoms with van der Waals surface area (Å²) in [6.45, 7) is 5.03. The Labute approximate surface area is 117 Å². The predicted octanol–water partition coefficient (Wildman–Crippen LogP) is 4.42. The number of rotatable bonds is 10. The van der Waals surface area contributed by atoms with Crippen molar-refractivity contribution in [2.45, 2.75) is 58.5 Å². The molecule has 108 valence electrons. The van der Waals surface area contributed by atoms with E-state index in [1.807, 2.05) is 30.3 Å². The zero-order chi connectivity index (χ0) is 13.9. The molecule has 2 heteroatoms. The third-order valence-electron chi connectivity index (χ3n) is 3.61. The van der Waals surface area contributed by atoms with Crippen molar-refractivity contribution < 1.29 is 9.84 Å². The van der Waals surface area contributed by atoms with Gasteiger partial charge >= 0.3 is 0 Å². The SMILES string of the molecule is CCCCC(CC)CC(O)CCOc1ccccc1. The monoisotopic (exact) mass is 264 g/mol. The Morgan fingerprint density at radius 2 is 1.84 bits per heavy atom. The zero-order valence-corrected chi connectivity index (χ0v) is 12.3. The van der Waals surface area contributed by atoms with E-state index in [2.05, 4.69) is 13.8 Å². The van der Waals surface area contributed by atoms with E-state index in [-0.39, 0.29) is 6.10 Å². The minimum absolute atomic E-state index is 0.231. The molecule has 0 aromatic heterocycles. The van der Waals surface area contributed by atoms with E-state index >= 15 is 0 Å². The topological polar surface area (TPSA) is 29.5 Å². The van der Waals surface area contributed by atoms with E-state index in [0.29, 0.717) is 12.5 Å². The molecule has 0 bridgehead atoms. The van der Waals surface area contributed by atoms with Crippen LogP contribution in [0.4, 0.5) is 0 Å². The number of hydrogen-bond donors (Lipinski definition) is 1. The number of hydrogen-bond acceptors (Lipinski definition) is 2. The van der Waals surface area contributed by atoms with E-state index in [4.69, 9.17) is 4.74 Å². The molecule has 0 radical (unpaired) electrons. The van der Waals surface area contributed by atoms with Crippen molar-refractivity contribution >= 4 is 0 Å². The molecule has 1 rings (SSSR count). The number of unbranched alkanes of at least 4 members (excludes halogenated alkanes) is 1. The molecule has 19 heavy (non-hydrogen) atoms. The Balaban J connectivity index is 2.17. The van der Waals surface area contributed by atoms with Crippen LogP contribution in [0.3, 0.4) is 0 Å². The Morgan fingerprint density at radius 3 is 2.47 bits per heavy atom. The molecule has 0 amide bonds. The van der Waals surface area contributed by atoms with Crippen molar-refractivity contribution in [1.29, 1.82) is 0 Å². The fourth-order valence-electron chi connectivity index (χ4n) is 2.31. The highest BCUT2D eigenvalue weighted by Crippen LogP contribution is 2.20. The van der Waals surface area contributed by atoms with Crippen LogP contribution < -0.4 is 4.74 Å². The van der Waals surface area contributed by atoms with Gasteiger partial charge in [-0.1, -0.05) is 57.7 Å². The molecule has 1 N–H and O–H groups in total. The van der Waals surface area contributed by atoms with Crippen molar-refractivity contribution in [2.75, 3.05) is 6.61 Å². The molecule has 0 aliphatic rings. The molecule has 0 spiro atoms. The highest BCUT2D eigenvalue weighted by Gasteiger charge is 2.12. The van der Waals surface area contributed by atoms with E-state index in [1.165, 1.54) is 19.3 Å². The van der Waals surface area contributed by atoms with Crippen LogP contribution in [-0.2, 0) is 0 Å². The van der Waals surface area contributed by atoms with Gasteiger partial charge in [0.05, 0.1) is 12.7 Å². The van der Waals surface area contributed by atoms with Gasteiger partial charge in [-0.05, 0) is 24.5 Å². The molecule has 0 aliphatic heterocycles. The standard InChI is InChI=1S/C17H28O2/c1-3-5-9-15(4-2)14-16(18)12-13-19-17-10-7-6-8-11-17/h6-8,10-11,15-16,18H,3-5,9,12-14H2,1-2H3. The number of para-hydroxylation sites is 1. The molecule has 2 atom stereocenters. The highest BCUT2D eigenvalue weighted by atomic mass is 16.5. The summed E-state index contributed by atoms with van der Waals surface area (Å²) in [4.78, 5) is 0. The lowest BCUT2D eigenvalue weighted by Crippen LogP contribution is -2.16. The summed E-state index contributed by atoms with van der Waals surface area (Å²) in [5, 5.41) is 10.0. The lowest BCUT2D eigenvalue weighted by atomic mass is 9.92. The summed E-state index contributed by atoms with van der Waals surface area (Å²) in [6.07, 6.45) is 6.31. The molecule has 1 aromatic rings. The van der Waals surface area contributed by atoms with Crippen LogP contribution in [0.25, 0.3) is 0 Å². The van der Waals surface area contributed by atoms with Gasteiger partial charge in [0, 0.05) is 6.42 Å². The largest absolute Gasteiger partial charge is 0.493 e. The molecule has 0 fully saturated rings. The van der Waals surface area contributed by atoms with Crippen molar-refractivity contribution in [3.63, 3.8) is 0 Å². The maximum atomic E-state index is 10.0. The lowest BCUT2D eigenvalue weighted by molar-refractivity contribution is 0.110. The van der Waals surface area contributed by atoms with Crippen LogP contribution in [0.5, 0.6) is 5.75 Å². The Kier molecular flexibility index (Phi) is 8.31. The predicted molar refractivity (Wildman–Crippen MR) is 80.5 cm³/mol. The van der Waals surface area contributed by atoms with Gasteiger partial charge in [-0.2, -0.15) is 0 Å². The van der Waals surface area contributed by atoms with Gasteiger partial charge in [0.1, 0.15) is 5.75 Å². The van der Waals surface area contributed by atoms with Gasteiger partial charge in [-0.3, -0.25) is 0 Å². The summed E-state index contributed by atoms with van der Waals surface area (Å²) >= 11 is 0. The van der Waals surface area contributed by atoms with Crippen molar-refractivity contribution in [1.82, 2.24) is 0 Å². The average Bonchev–Trinajstić information content (AvgIpc) is 2.44. The van der Waals surface area contributed by atoms with Gasteiger partial charge in [-0.15, -0.1) is 0 Å². The van der Waals surface area contributed by atoms with Crippen LogP contribution in [0.1, 0.15) is 52.4 Å². The molecule has 1 aromatic carbocycles. The van der Waals surface area contributed by atoms with E-state index < -0.39 is 0 Å². The lowest BCUT2D eigenvalue weighted by Gasteiger charge is -2.18. The van der Waals surface area contributed by atoms with Crippen LogP contribution in [-0.4, -0.2) is 17.8 Å². The van der Waals surface area contributed by atoms with Crippen molar-refractivity contribution in [2.24, 2.45) is 5.92 Å². The van der Waals surface area contributed by atoms with Crippen LogP contribution in [0.15, 0.2) is 30.3 Å². The quantitative estimate of drug-likeness (QED) is 0.677. The van der Waals surface area contributed by atoms with Crippen LogP contribution in [0, 0.1) is 5.92 Å². The molecular weight excluding hydrogens is 236 g/mol. The molecule has 2 unspecified atom stereocenters. The maximum Gasteiger partial charge on any atom is 0.119 e. The molecule has 2 nitrogen and oxygen atoms in total. The van der Waals surface area contributed by atoms with Gasteiger partial charge in [-0.25, -0.2) is 0 Å². The minimum Gasteiger partial charge on any atom is -0.493 e.